The highest BCUT2D eigenvalue weighted by Crippen LogP contribution is 1.99. The third-order valence-electron chi connectivity index (χ3n) is 1.18. The molecule has 0 aromatic rings. The maximum absolute atomic E-state index is 7.10. The Labute approximate surface area is 55.2 Å². The van der Waals surface area contributed by atoms with Crippen LogP contribution < -0.4 is 11.5 Å². The monoisotopic (exact) mass is 127 g/mol. The van der Waals surface area contributed by atoms with Gasteiger partial charge in [-0.3, -0.25) is 0 Å². The largest absolute Gasteiger partial charge is 0.308 e. The van der Waals surface area contributed by atoms with Gasteiger partial charge in [-0.15, -0.1) is 6.58 Å². The van der Waals surface area contributed by atoms with E-state index in [0.717, 1.165) is 0 Å². The van der Waals surface area contributed by atoms with Crippen LogP contribution in [0, 0.1) is 5.41 Å². The van der Waals surface area contributed by atoms with E-state index in [1.807, 2.05) is 0 Å². The van der Waals surface area contributed by atoms with E-state index in [0.29, 0.717) is 6.42 Å². The number of hydrogen-bond acceptors (Lipinski definition) is 3. The standard InChI is InChI=1S/C6H13N3/c1-3-4-6(8,9)5(2)7/h3,7H,1,4,8-9H2,2H3. The summed E-state index contributed by atoms with van der Waals surface area (Å²) < 4.78 is 0. The molecule has 0 heterocycles. The van der Waals surface area contributed by atoms with E-state index in [1.165, 1.54) is 0 Å². The maximum atomic E-state index is 7.10. The summed E-state index contributed by atoms with van der Waals surface area (Å²) >= 11 is 0. The maximum Gasteiger partial charge on any atom is 0.106 e. The molecular formula is C6H13N3. The molecule has 0 unspecified atom stereocenters. The smallest absolute Gasteiger partial charge is 0.106 e. The number of nitrogens with one attached hydrogen (secondary N) is 1. The molecule has 3 nitrogen and oxygen atoms in total. The van der Waals surface area contributed by atoms with Gasteiger partial charge in [0.15, 0.2) is 0 Å². The Kier molecular flexibility index (Phi) is 2.55. The van der Waals surface area contributed by atoms with Crippen LogP contribution in [-0.2, 0) is 0 Å². The molecule has 9 heavy (non-hydrogen) atoms. The van der Waals surface area contributed by atoms with E-state index in [-0.39, 0.29) is 5.71 Å². The molecule has 0 aromatic heterocycles. The first-order valence-corrected chi connectivity index (χ1v) is 2.75. The van der Waals surface area contributed by atoms with Gasteiger partial charge in [-0.2, -0.15) is 0 Å². The van der Waals surface area contributed by atoms with E-state index in [2.05, 4.69) is 6.58 Å². The van der Waals surface area contributed by atoms with Gasteiger partial charge in [0.2, 0.25) is 0 Å². The zero-order valence-corrected chi connectivity index (χ0v) is 5.65. The molecule has 0 aliphatic carbocycles. The third kappa shape index (κ3) is 2.39. The van der Waals surface area contributed by atoms with Gasteiger partial charge in [-0.1, -0.05) is 6.08 Å². The molecule has 0 amide bonds. The predicted molar refractivity (Wildman–Crippen MR) is 39.3 cm³/mol. The fourth-order valence-electron chi connectivity index (χ4n) is 0.392. The van der Waals surface area contributed by atoms with Crippen LogP contribution in [0.15, 0.2) is 12.7 Å². The molecule has 0 bridgehead atoms. The molecule has 0 saturated carbocycles. The molecule has 0 spiro atoms. The Morgan fingerprint density at radius 2 is 2.22 bits per heavy atom. The van der Waals surface area contributed by atoms with Gasteiger partial charge in [0.25, 0.3) is 0 Å². The highest BCUT2D eigenvalue weighted by atomic mass is 15.0. The van der Waals surface area contributed by atoms with Crippen LogP contribution in [0.4, 0.5) is 0 Å². The summed E-state index contributed by atoms with van der Waals surface area (Å²) in [5, 5.41) is 7.10. The van der Waals surface area contributed by atoms with E-state index in [9.17, 15) is 0 Å². The molecular weight excluding hydrogens is 114 g/mol. The van der Waals surface area contributed by atoms with Gasteiger partial charge >= 0.3 is 0 Å². The van der Waals surface area contributed by atoms with Gasteiger partial charge in [0.05, 0.1) is 0 Å². The van der Waals surface area contributed by atoms with E-state index in [4.69, 9.17) is 16.9 Å². The summed E-state index contributed by atoms with van der Waals surface area (Å²) in [4.78, 5) is 0. The minimum Gasteiger partial charge on any atom is -0.308 e. The minimum absolute atomic E-state index is 0.280. The quantitative estimate of drug-likeness (QED) is 0.288. The molecule has 0 aliphatic rings. The van der Waals surface area contributed by atoms with Crippen molar-refractivity contribution in [3.63, 3.8) is 0 Å². The van der Waals surface area contributed by atoms with Crippen molar-refractivity contribution >= 4 is 5.71 Å². The first-order valence-electron chi connectivity index (χ1n) is 2.75. The van der Waals surface area contributed by atoms with Crippen molar-refractivity contribution in [3.05, 3.63) is 12.7 Å². The lowest BCUT2D eigenvalue weighted by Gasteiger charge is -2.20. The fraction of sp³-hybridized carbons (Fsp3) is 0.500. The van der Waals surface area contributed by atoms with Crippen LogP contribution in [0.25, 0.3) is 0 Å². The lowest BCUT2D eigenvalue weighted by Crippen LogP contribution is -2.54. The molecule has 5 N–H and O–H groups in total. The van der Waals surface area contributed by atoms with Crippen LogP contribution in [0.3, 0.4) is 0 Å². The molecule has 52 valence electrons. The van der Waals surface area contributed by atoms with Crippen LogP contribution in [0.5, 0.6) is 0 Å². The van der Waals surface area contributed by atoms with Crippen molar-refractivity contribution in [1.29, 1.82) is 5.41 Å². The average Bonchev–Trinajstić information content (AvgIpc) is 1.65. The lowest BCUT2D eigenvalue weighted by atomic mass is 10.0. The summed E-state index contributed by atoms with van der Waals surface area (Å²) in [6, 6.07) is 0. The zero-order valence-electron chi connectivity index (χ0n) is 5.65. The third-order valence-corrected chi connectivity index (χ3v) is 1.18. The number of rotatable bonds is 3. The SMILES string of the molecule is C=CCC(N)(N)C(C)=N. The second-order valence-corrected chi connectivity index (χ2v) is 2.16. The van der Waals surface area contributed by atoms with E-state index < -0.39 is 5.66 Å². The van der Waals surface area contributed by atoms with E-state index >= 15 is 0 Å². The summed E-state index contributed by atoms with van der Waals surface area (Å²) in [6.45, 7) is 5.06. The molecule has 0 aliphatic heterocycles. The Bertz CT molecular complexity index is 126. The fourth-order valence-corrected chi connectivity index (χ4v) is 0.392. The summed E-state index contributed by atoms with van der Waals surface area (Å²) in [5.74, 6) is 0. The predicted octanol–water partition coefficient (Wildman–Crippen LogP) is 0.216. The first-order chi connectivity index (χ1) is 4.00. The van der Waals surface area contributed by atoms with Gasteiger partial charge in [0.1, 0.15) is 5.66 Å². The molecule has 0 saturated heterocycles. The van der Waals surface area contributed by atoms with Gasteiger partial charge in [-0.25, -0.2) is 0 Å². The molecule has 0 radical (unpaired) electrons. The Balaban J connectivity index is 4.00. The van der Waals surface area contributed by atoms with Gasteiger partial charge in [0, 0.05) is 12.1 Å². The van der Waals surface area contributed by atoms with Crippen molar-refractivity contribution in [2.75, 3.05) is 0 Å². The summed E-state index contributed by atoms with van der Waals surface area (Å²) in [5.41, 5.74) is 10.2. The Morgan fingerprint density at radius 1 is 1.78 bits per heavy atom. The molecule has 0 atom stereocenters. The van der Waals surface area contributed by atoms with Crippen molar-refractivity contribution in [3.8, 4) is 0 Å². The molecule has 0 aromatic carbocycles. The van der Waals surface area contributed by atoms with Crippen LogP contribution in [0.1, 0.15) is 13.3 Å². The first kappa shape index (κ1) is 8.33. The van der Waals surface area contributed by atoms with Crippen molar-refractivity contribution in [1.82, 2.24) is 0 Å². The molecule has 3 heteroatoms. The number of hydrogen-bond donors (Lipinski definition) is 3. The number of nitrogens with two attached hydrogens (primary N) is 2. The summed E-state index contributed by atoms with van der Waals surface area (Å²) in [7, 11) is 0. The molecule has 0 rings (SSSR count). The normalized spacial score (nSPS) is 11.0. The van der Waals surface area contributed by atoms with E-state index in [1.54, 1.807) is 13.0 Å². The average molecular weight is 127 g/mol. The topological polar surface area (TPSA) is 75.9 Å². The van der Waals surface area contributed by atoms with Gasteiger partial charge in [-0.05, 0) is 6.92 Å². The summed E-state index contributed by atoms with van der Waals surface area (Å²) in [6.07, 6.45) is 2.06. The molecule has 0 fully saturated rings. The van der Waals surface area contributed by atoms with Crippen LogP contribution in [0.2, 0.25) is 0 Å². The lowest BCUT2D eigenvalue weighted by molar-refractivity contribution is 0.596. The van der Waals surface area contributed by atoms with Crippen LogP contribution in [-0.4, -0.2) is 11.4 Å². The van der Waals surface area contributed by atoms with Crippen molar-refractivity contribution in [2.45, 2.75) is 19.0 Å². The Morgan fingerprint density at radius 3 is 2.33 bits per heavy atom. The second kappa shape index (κ2) is 2.75. The van der Waals surface area contributed by atoms with Crippen molar-refractivity contribution < 1.29 is 0 Å². The highest BCUT2D eigenvalue weighted by Gasteiger charge is 2.18. The second-order valence-electron chi connectivity index (χ2n) is 2.16. The zero-order chi connectivity index (χ0) is 7.49. The Hall–Kier alpha value is -0.670. The highest BCUT2D eigenvalue weighted by molar-refractivity contribution is 5.87. The minimum atomic E-state index is -0.984. The van der Waals surface area contributed by atoms with Crippen molar-refractivity contribution in [2.24, 2.45) is 11.5 Å². The van der Waals surface area contributed by atoms with Crippen LogP contribution >= 0.6 is 0 Å². The van der Waals surface area contributed by atoms with Gasteiger partial charge < -0.3 is 16.9 Å².